The van der Waals surface area contributed by atoms with Crippen LogP contribution in [-0.4, -0.2) is 7.11 Å². The Labute approximate surface area is 132 Å². The highest BCUT2D eigenvalue weighted by Crippen LogP contribution is 2.39. The first-order valence-electron chi connectivity index (χ1n) is 5.45. The topological polar surface area (TPSA) is 9.23 Å². The van der Waals surface area contributed by atoms with Gasteiger partial charge >= 0.3 is 0 Å². The second-order valence-electron chi connectivity index (χ2n) is 3.93. The second kappa shape index (κ2) is 6.23. The number of methoxy groups -OCH3 is 1. The molecule has 0 N–H and O–H groups in total. The minimum Gasteiger partial charge on any atom is -0.495 e. The molecule has 0 fully saturated rings. The van der Waals surface area contributed by atoms with Crippen molar-refractivity contribution in [2.45, 2.75) is 5.38 Å². The Morgan fingerprint density at radius 1 is 1.00 bits per heavy atom. The summed E-state index contributed by atoms with van der Waals surface area (Å²) in [5.74, 6) is 0.519. The van der Waals surface area contributed by atoms with Gasteiger partial charge in [-0.2, -0.15) is 0 Å². The third kappa shape index (κ3) is 3.29. The molecule has 1 unspecified atom stereocenters. The van der Waals surface area contributed by atoms with Crippen LogP contribution in [0.25, 0.3) is 0 Å². The van der Waals surface area contributed by atoms with Crippen LogP contribution in [0.4, 0.5) is 0 Å². The molecule has 0 amide bonds. The molecule has 0 saturated carbocycles. The largest absolute Gasteiger partial charge is 0.495 e. The molecule has 0 aliphatic rings. The zero-order chi connectivity index (χ0) is 14.0. The van der Waals surface area contributed by atoms with Crippen LogP contribution < -0.4 is 4.74 Å². The van der Waals surface area contributed by atoms with Gasteiger partial charge in [0.2, 0.25) is 0 Å². The van der Waals surface area contributed by atoms with Crippen LogP contribution in [-0.2, 0) is 0 Å². The molecule has 2 aromatic carbocycles. The molecule has 0 radical (unpaired) electrons. The van der Waals surface area contributed by atoms with Crippen LogP contribution in [0.3, 0.4) is 0 Å². The first-order chi connectivity index (χ1) is 9.02. The maximum atomic E-state index is 6.43. The van der Waals surface area contributed by atoms with Crippen molar-refractivity contribution in [3.63, 3.8) is 0 Å². The van der Waals surface area contributed by atoms with Crippen LogP contribution in [0.1, 0.15) is 16.5 Å². The summed E-state index contributed by atoms with van der Waals surface area (Å²) in [6, 6.07) is 10.7. The van der Waals surface area contributed by atoms with E-state index in [0.29, 0.717) is 20.8 Å². The number of hydrogen-bond acceptors (Lipinski definition) is 1. The fraction of sp³-hybridized carbons (Fsp3) is 0.143. The molecule has 1 nitrogen and oxygen atoms in total. The lowest BCUT2D eigenvalue weighted by Crippen LogP contribution is -1.96. The van der Waals surface area contributed by atoms with Crippen LogP contribution >= 0.6 is 46.4 Å². The summed E-state index contributed by atoms with van der Waals surface area (Å²) in [5.41, 5.74) is 1.58. The van der Waals surface area contributed by atoms with Gasteiger partial charge in [-0.25, -0.2) is 0 Å². The van der Waals surface area contributed by atoms with E-state index in [4.69, 9.17) is 51.1 Å². The molecule has 0 aliphatic heterocycles. The average Bonchev–Trinajstić information content (AvgIpc) is 2.40. The van der Waals surface area contributed by atoms with Crippen LogP contribution in [0.2, 0.25) is 15.1 Å². The Morgan fingerprint density at radius 3 is 2.37 bits per heavy atom. The Balaban J connectivity index is 2.44. The van der Waals surface area contributed by atoms with Gasteiger partial charge in [0.1, 0.15) is 5.75 Å². The van der Waals surface area contributed by atoms with E-state index in [1.54, 1.807) is 24.3 Å². The van der Waals surface area contributed by atoms with Gasteiger partial charge in [-0.15, -0.1) is 11.6 Å². The molecule has 0 bridgehead atoms. The zero-order valence-corrected chi connectivity index (χ0v) is 13.0. The third-order valence-corrected chi connectivity index (χ3v) is 4.03. The monoisotopic (exact) mass is 334 g/mol. The van der Waals surface area contributed by atoms with Crippen molar-refractivity contribution in [2.24, 2.45) is 0 Å². The van der Waals surface area contributed by atoms with E-state index < -0.39 is 5.38 Å². The number of hydrogen-bond donors (Lipinski definition) is 0. The number of benzene rings is 2. The lowest BCUT2D eigenvalue weighted by molar-refractivity contribution is 0.415. The highest BCUT2D eigenvalue weighted by atomic mass is 35.5. The minimum absolute atomic E-state index is 0.422. The lowest BCUT2D eigenvalue weighted by atomic mass is 10.0. The van der Waals surface area contributed by atoms with Crippen LogP contribution in [0.5, 0.6) is 5.75 Å². The summed E-state index contributed by atoms with van der Waals surface area (Å²) in [4.78, 5) is 0. The van der Waals surface area contributed by atoms with Crippen molar-refractivity contribution >= 4 is 46.4 Å². The molecule has 19 heavy (non-hydrogen) atoms. The molecule has 1 atom stereocenters. The van der Waals surface area contributed by atoms with Gasteiger partial charge in [-0.3, -0.25) is 0 Å². The predicted octanol–water partition coefficient (Wildman–Crippen LogP) is 5.98. The van der Waals surface area contributed by atoms with E-state index in [0.717, 1.165) is 11.1 Å². The molecule has 0 aromatic heterocycles. The Hall–Kier alpha value is -0.600. The van der Waals surface area contributed by atoms with E-state index in [1.807, 2.05) is 12.1 Å². The summed E-state index contributed by atoms with van der Waals surface area (Å²) < 4.78 is 5.10. The summed E-state index contributed by atoms with van der Waals surface area (Å²) in [5, 5.41) is 1.17. The Bertz CT molecular complexity index is 598. The fourth-order valence-electron chi connectivity index (χ4n) is 1.74. The maximum absolute atomic E-state index is 6.43. The fourth-order valence-corrected chi connectivity index (χ4v) is 2.82. The van der Waals surface area contributed by atoms with Crippen LogP contribution in [0, 0.1) is 0 Å². The number of alkyl halides is 1. The predicted molar refractivity (Wildman–Crippen MR) is 82.2 cm³/mol. The number of ether oxygens (including phenoxy) is 1. The summed E-state index contributed by atoms with van der Waals surface area (Å²) in [6.45, 7) is 0. The molecular weight excluding hydrogens is 326 g/mol. The molecule has 0 aliphatic carbocycles. The highest BCUT2D eigenvalue weighted by Gasteiger charge is 2.17. The maximum Gasteiger partial charge on any atom is 0.138 e. The van der Waals surface area contributed by atoms with E-state index in [9.17, 15) is 0 Å². The van der Waals surface area contributed by atoms with E-state index in [-0.39, 0.29) is 0 Å². The highest BCUT2D eigenvalue weighted by molar-refractivity contribution is 6.36. The van der Waals surface area contributed by atoms with Gasteiger partial charge in [-0.1, -0.05) is 46.9 Å². The van der Waals surface area contributed by atoms with Crippen molar-refractivity contribution in [3.05, 3.63) is 62.6 Å². The summed E-state index contributed by atoms with van der Waals surface area (Å²) in [6.07, 6.45) is 0. The SMILES string of the molecule is COc1cc(Cl)c(C(Cl)c2cccc(Cl)c2)cc1Cl. The molecule has 0 heterocycles. The van der Waals surface area contributed by atoms with Gasteiger partial charge < -0.3 is 4.74 Å². The first kappa shape index (κ1) is 14.8. The van der Waals surface area contributed by atoms with E-state index in [1.165, 1.54) is 7.11 Å². The molecule has 5 heteroatoms. The van der Waals surface area contributed by atoms with Crippen molar-refractivity contribution in [1.29, 1.82) is 0 Å². The van der Waals surface area contributed by atoms with Crippen molar-refractivity contribution in [3.8, 4) is 5.75 Å². The average molecular weight is 336 g/mol. The minimum atomic E-state index is -0.422. The first-order valence-corrected chi connectivity index (χ1v) is 7.02. The van der Waals surface area contributed by atoms with E-state index >= 15 is 0 Å². The summed E-state index contributed by atoms with van der Waals surface area (Å²) >= 11 is 24.7. The smallest absolute Gasteiger partial charge is 0.138 e. The standard InChI is InChI=1S/C14H10Cl4O/c1-19-13-7-11(16)10(6-12(13)17)14(18)8-3-2-4-9(15)5-8/h2-7,14H,1H3. The van der Waals surface area contributed by atoms with Gasteiger partial charge in [-0.05, 0) is 29.3 Å². The summed E-state index contributed by atoms with van der Waals surface area (Å²) in [7, 11) is 1.53. The quantitative estimate of drug-likeness (QED) is 0.626. The Morgan fingerprint density at radius 2 is 1.74 bits per heavy atom. The van der Waals surface area contributed by atoms with E-state index in [2.05, 4.69) is 0 Å². The number of halogens is 4. The molecule has 0 spiro atoms. The molecular formula is C14H10Cl4O. The molecule has 0 saturated heterocycles. The van der Waals surface area contributed by atoms with Crippen molar-refractivity contribution in [1.82, 2.24) is 0 Å². The third-order valence-electron chi connectivity index (χ3n) is 2.69. The zero-order valence-electron chi connectivity index (χ0n) is 9.96. The molecule has 2 aromatic rings. The van der Waals surface area contributed by atoms with Crippen molar-refractivity contribution in [2.75, 3.05) is 7.11 Å². The lowest BCUT2D eigenvalue weighted by Gasteiger charge is -2.14. The normalized spacial score (nSPS) is 12.3. The Kier molecular flexibility index (Phi) is 4.86. The second-order valence-corrected chi connectivity index (χ2v) is 5.61. The molecule has 100 valence electrons. The number of rotatable bonds is 3. The van der Waals surface area contributed by atoms with Gasteiger partial charge in [0, 0.05) is 16.1 Å². The van der Waals surface area contributed by atoms with Crippen LogP contribution in [0.15, 0.2) is 36.4 Å². The van der Waals surface area contributed by atoms with Gasteiger partial charge in [0.25, 0.3) is 0 Å². The molecule has 2 rings (SSSR count). The van der Waals surface area contributed by atoms with Gasteiger partial charge in [0.05, 0.1) is 17.5 Å². The van der Waals surface area contributed by atoms with Gasteiger partial charge in [0.15, 0.2) is 0 Å². The van der Waals surface area contributed by atoms with Crippen molar-refractivity contribution < 1.29 is 4.74 Å².